The van der Waals surface area contributed by atoms with Crippen LogP contribution in [0.2, 0.25) is 0 Å². The van der Waals surface area contributed by atoms with Crippen molar-refractivity contribution in [3.8, 4) is 5.75 Å². The minimum absolute atomic E-state index is 0.0125. The molecule has 0 amide bonds. The highest BCUT2D eigenvalue weighted by Crippen LogP contribution is 2.47. The highest BCUT2D eigenvalue weighted by molar-refractivity contribution is 7.82. The number of hydrogen-bond donors (Lipinski definition) is 1. The molecule has 0 spiro atoms. The summed E-state index contributed by atoms with van der Waals surface area (Å²) in [5.74, 6) is -4.75. The minimum Gasteiger partial charge on any atom is -0.492 e. The Hall–Kier alpha value is -1.95. The molecule has 162 valence electrons. The SMILES string of the molecule is CN1CCN(C2CC(F)(F)C2)c2cc(C(F)(F)F)c(OCCC(=O)O)cc2S1=O. The van der Waals surface area contributed by atoms with Crippen molar-refractivity contribution in [1.82, 2.24) is 4.31 Å². The van der Waals surface area contributed by atoms with Crippen LogP contribution in [0.3, 0.4) is 0 Å². The van der Waals surface area contributed by atoms with Crippen molar-refractivity contribution < 1.29 is 40.8 Å². The first kappa shape index (κ1) is 21.8. The fourth-order valence-corrected chi connectivity index (χ4v) is 4.50. The Morgan fingerprint density at radius 3 is 2.52 bits per heavy atom. The maximum atomic E-state index is 13.6. The number of alkyl halides is 5. The van der Waals surface area contributed by atoms with Gasteiger partial charge in [0.25, 0.3) is 5.92 Å². The van der Waals surface area contributed by atoms with E-state index < -0.39 is 72.3 Å². The average Bonchev–Trinajstić information content (AvgIpc) is 2.69. The molecule has 1 N–H and O–H groups in total. The van der Waals surface area contributed by atoms with Crippen LogP contribution in [0, 0.1) is 0 Å². The number of benzene rings is 1. The van der Waals surface area contributed by atoms with Crippen LogP contribution in [0.5, 0.6) is 5.75 Å². The van der Waals surface area contributed by atoms with Gasteiger partial charge >= 0.3 is 12.1 Å². The van der Waals surface area contributed by atoms with E-state index in [9.17, 15) is 31.0 Å². The van der Waals surface area contributed by atoms with Crippen molar-refractivity contribution >= 4 is 22.6 Å². The molecular weight excluding hydrogens is 423 g/mol. The first-order chi connectivity index (χ1) is 13.4. The first-order valence-corrected chi connectivity index (χ1v) is 9.87. The number of anilines is 1. The van der Waals surface area contributed by atoms with E-state index in [0.717, 1.165) is 12.1 Å². The number of ether oxygens (including phenoxy) is 1. The van der Waals surface area contributed by atoms with Crippen LogP contribution in [-0.2, 0) is 22.0 Å². The maximum absolute atomic E-state index is 13.6. The van der Waals surface area contributed by atoms with Gasteiger partial charge in [0, 0.05) is 45.1 Å². The number of carboxylic acids is 1. The molecule has 0 aromatic heterocycles. The molecule has 1 aromatic rings. The smallest absolute Gasteiger partial charge is 0.420 e. The lowest BCUT2D eigenvalue weighted by molar-refractivity contribution is -0.139. The lowest BCUT2D eigenvalue weighted by atomic mass is 9.86. The maximum Gasteiger partial charge on any atom is 0.420 e. The van der Waals surface area contributed by atoms with Gasteiger partial charge in [-0.15, -0.1) is 0 Å². The normalized spacial score (nSPS) is 22.6. The van der Waals surface area contributed by atoms with Crippen LogP contribution >= 0.6 is 0 Å². The second-order valence-corrected chi connectivity index (χ2v) is 8.58. The minimum atomic E-state index is -4.83. The number of halogens is 5. The average molecular weight is 442 g/mol. The van der Waals surface area contributed by atoms with E-state index in [1.165, 1.54) is 16.3 Å². The quantitative estimate of drug-likeness (QED) is 0.710. The van der Waals surface area contributed by atoms with Gasteiger partial charge < -0.3 is 14.7 Å². The Bertz CT molecular complexity index is 825. The van der Waals surface area contributed by atoms with Gasteiger partial charge in [-0.05, 0) is 6.07 Å². The molecule has 1 fully saturated rings. The largest absolute Gasteiger partial charge is 0.492 e. The summed E-state index contributed by atoms with van der Waals surface area (Å²) in [4.78, 5) is 12.1. The molecule has 0 radical (unpaired) electrons. The van der Waals surface area contributed by atoms with Gasteiger partial charge in [0.05, 0.1) is 29.2 Å². The van der Waals surface area contributed by atoms with E-state index >= 15 is 0 Å². The summed E-state index contributed by atoms with van der Waals surface area (Å²) >= 11 is 0. The van der Waals surface area contributed by atoms with Crippen LogP contribution < -0.4 is 9.64 Å². The summed E-state index contributed by atoms with van der Waals surface area (Å²) in [6.45, 7) is -0.148. The Balaban J connectivity index is 2.05. The molecule has 1 aliphatic heterocycles. The summed E-state index contributed by atoms with van der Waals surface area (Å²) in [7, 11) is -0.315. The van der Waals surface area contributed by atoms with Gasteiger partial charge in [-0.3, -0.25) is 4.79 Å². The van der Waals surface area contributed by atoms with Crippen LogP contribution in [0.4, 0.5) is 27.6 Å². The topological polar surface area (TPSA) is 70.1 Å². The Morgan fingerprint density at radius 2 is 1.97 bits per heavy atom. The van der Waals surface area contributed by atoms with Gasteiger partial charge in [-0.25, -0.2) is 17.3 Å². The third-order valence-electron chi connectivity index (χ3n) is 4.89. The van der Waals surface area contributed by atoms with Crippen molar-refractivity contribution in [3.05, 3.63) is 17.7 Å². The number of fused-ring (bicyclic) bond motifs is 1. The third-order valence-corrected chi connectivity index (χ3v) is 6.34. The summed E-state index contributed by atoms with van der Waals surface area (Å²) in [6, 6.07) is 1.08. The van der Waals surface area contributed by atoms with Crippen LogP contribution in [0.25, 0.3) is 0 Å². The molecule has 1 aliphatic carbocycles. The second kappa shape index (κ2) is 7.71. The van der Waals surface area contributed by atoms with Crippen molar-refractivity contribution in [1.29, 1.82) is 0 Å². The number of nitrogens with zero attached hydrogens (tertiary/aromatic N) is 2. The van der Waals surface area contributed by atoms with Gasteiger partial charge in [0.2, 0.25) is 0 Å². The fraction of sp³-hybridized carbons (Fsp3) is 0.588. The summed E-state index contributed by atoms with van der Waals surface area (Å²) in [6.07, 6.45) is -6.31. The number of rotatable bonds is 5. The lowest BCUT2D eigenvalue weighted by Gasteiger charge is -2.43. The highest BCUT2D eigenvalue weighted by atomic mass is 32.2. The predicted molar refractivity (Wildman–Crippen MR) is 93.5 cm³/mol. The number of aliphatic carboxylic acids is 1. The number of carboxylic acid groups (broad SMARTS) is 1. The van der Waals surface area contributed by atoms with Gasteiger partial charge in [0.15, 0.2) is 0 Å². The molecule has 1 saturated carbocycles. The zero-order valence-corrected chi connectivity index (χ0v) is 16.2. The van der Waals surface area contributed by atoms with Crippen LogP contribution in [0.15, 0.2) is 17.0 Å². The first-order valence-electron chi connectivity index (χ1n) is 8.76. The van der Waals surface area contributed by atoms with E-state index in [2.05, 4.69) is 0 Å². The van der Waals surface area contributed by atoms with Crippen molar-refractivity contribution in [3.63, 3.8) is 0 Å². The molecule has 12 heteroatoms. The van der Waals surface area contributed by atoms with E-state index in [-0.39, 0.29) is 23.7 Å². The number of likely N-dealkylation sites (N-methyl/N-ethyl adjacent to an activating group) is 1. The number of hydrogen-bond acceptors (Lipinski definition) is 4. The zero-order valence-electron chi connectivity index (χ0n) is 15.3. The van der Waals surface area contributed by atoms with E-state index in [1.807, 2.05) is 0 Å². The molecule has 0 bridgehead atoms. The third kappa shape index (κ3) is 4.63. The standard InChI is InChI=1S/C17H19F5N2O4S/c1-23-3-4-24(10-8-16(18,19)9-10)12-6-11(17(20,21)22)13(7-14(12)29(23)27)28-5-2-15(25)26/h6-7,10H,2-5,8-9H2,1H3,(H,25,26). The molecular formula is C17H19F5N2O4S. The van der Waals surface area contributed by atoms with Crippen molar-refractivity contribution in [2.45, 2.75) is 42.3 Å². The molecule has 6 nitrogen and oxygen atoms in total. The summed E-state index contributed by atoms with van der Waals surface area (Å²) < 4.78 is 86.8. The Kier molecular flexibility index (Phi) is 5.78. The van der Waals surface area contributed by atoms with Gasteiger partial charge in [0.1, 0.15) is 16.7 Å². The highest BCUT2D eigenvalue weighted by Gasteiger charge is 2.49. The molecule has 1 heterocycles. The summed E-state index contributed by atoms with van der Waals surface area (Å²) in [5.41, 5.74) is -1.19. The predicted octanol–water partition coefficient (Wildman–Crippen LogP) is 3.13. The summed E-state index contributed by atoms with van der Waals surface area (Å²) in [5, 5.41) is 8.67. The molecule has 1 unspecified atom stereocenters. The Morgan fingerprint density at radius 1 is 1.31 bits per heavy atom. The van der Waals surface area contributed by atoms with E-state index in [4.69, 9.17) is 9.84 Å². The van der Waals surface area contributed by atoms with Gasteiger partial charge in [-0.2, -0.15) is 13.2 Å². The van der Waals surface area contributed by atoms with E-state index in [0.29, 0.717) is 0 Å². The molecule has 29 heavy (non-hydrogen) atoms. The monoisotopic (exact) mass is 442 g/mol. The van der Waals surface area contributed by atoms with Crippen molar-refractivity contribution in [2.24, 2.45) is 0 Å². The fourth-order valence-electron chi connectivity index (χ4n) is 3.35. The van der Waals surface area contributed by atoms with Crippen molar-refractivity contribution in [2.75, 3.05) is 31.6 Å². The number of carbonyl (C=O) groups is 1. The molecule has 3 rings (SSSR count). The lowest BCUT2D eigenvalue weighted by Crippen LogP contribution is -2.52. The second-order valence-electron chi connectivity index (χ2n) is 7.02. The molecule has 1 atom stereocenters. The van der Waals surface area contributed by atoms with Gasteiger partial charge in [-0.1, -0.05) is 0 Å². The zero-order chi connectivity index (χ0) is 21.6. The van der Waals surface area contributed by atoms with Crippen LogP contribution in [-0.4, -0.2) is 58.3 Å². The molecule has 0 saturated heterocycles. The Labute approximate surface area is 165 Å². The van der Waals surface area contributed by atoms with E-state index in [1.54, 1.807) is 0 Å². The molecule has 2 aliphatic rings. The van der Waals surface area contributed by atoms with Crippen LogP contribution in [0.1, 0.15) is 24.8 Å². The molecule has 1 aromatic carbocycles.